The molecule has 0 bridgehead atoms. The lowest BCUT2D eigenvalue weighted by Gasteiger charge is -2.11. The van der Waals surface area contributed by atoms with Crippen LogP contribution in [0.1, 0.15) is 52.4 Å². The normalized spacial score (nSPS) is 10.2. The molecular weight excluding hydrogens is 238 g/mol. The van der Waals surface area contributed by atoms with Crippen molar-refractivity contribution in [3.63, 3.8) is 0 Å². The Morgan fingerprint density at radius 3 is 2.53 bits per heavy atom. The van der Waals surface area contributed by atoms with Gasteiger partial charge in [0.05, 0.1) is 12.3 Å². The summed E-state index contributed by atoms with van der Waals surface area (Å²) in [5, 5.41) is 2.78. The second kappa shape index (κ2) is 9.42. The van der Waals surface area contributed by atoms with Gasteiger partial charge in [0.2, 0.25) is 5.91 Å². The van der Waals surface area contributed by atoms with E-state index in [1.165, 1.54) is 39.0 Å². The van der Waals surface area contributed by atoms with E-state index in [1.807, 2.05) is 24.3 Å². The molecule has 0 aliphatic heterocycles. The lowest BCUT2D eigenvalue weighted by molar-refractivity contribution is -0.114. The summed E-state index contributed by atoms with van der Waals surface area (Å²) in [6, 6.07) is 7.56. The maximum Gasteiger partial charge on any atom is 0.221 e. The highest BCUT2D eigenvalue weighted by molar-refractivity contribution is 5.90. The van der Waals surface area contributed by atoms with Crippen LogP contribution in [0.4, 0.5) is 5.69 Å². The first kappa shape index (κ1) is 15.5. The Balaban J connectivity index is 2.26. The molecule has 0 atom stereocenters. The zero-order valence-electron chi connectivity index (χ0n) is 12.1. The second-order valence-corrected chi connectivity index (χ2v) is 4.79. The van der Waals surface area contributed by atoms with E-state index < -0.39 is 0 Å². The first-order chi connectivity index (χ1) is 9.24. The summed E-state index contributed by atoms with van der Waals surface area (Å²) in [6.45, 7) is 4.44. The number of para-hydroxylation sites is 2. The molecule has 0 heterocycles. The molecule has 0 fully saturated rings. The van der Waals surface area contributed by atoms with Crippen LogP contribution < -0.4 is 10.1 Å². The number of rotatable bonds is 9. The molecule has 0 aromatic heterocycles. The Bertz CT molecular complexity index is 377. The van der Waals surface area contributed by atoms with Crippen molar-refractivity contribution in [3.05, 3.63) is 24.3 Å². The molecule has 19 heavy (non-hydrogen) atoms. The summed E-state index contributed by atoms with van der Waals surface area (Å²) in [5.41, 5.74) is 0.751. The standard InChI is InChI=1S/C16H25NO2/c1-3-4-5-6-7-10-13-19-16-12-9-8-11-15(16)17-14(2)18/h8-9,11-12H,3-7,10,13H2,1-2H3,(H,17,18). The van der Waals surface area contributed by atoms with E-state index in [0.29, 0.717) is 6.61 Å². The zero-order chi connectivity index (χ0) is 13.9. The molecule has 0 saturated heterocycles. The maximum absolute atomic E-state index is 11.1. The fourth-order valence-electron chi connectivity index (χ4n) is 1.95. The van der Waals surface area contributed by atoms with Crippen molar-refractivity contribution in [2.45, 2.75) is 52.4 Å². The summed E-state index contributed by atoms with van der Waals surface area (Å²) in [6.07, 6.45) is 7.48. The molecule has 0 aliphatic rings. The predicted molar refractivity (Wildman–Crippen MR) is 79.6 cm³/mol. The molecule has 3 nitrogen and oxygen atoms in total. The molecule has 0 radical (unpaired) electrons. The fraction of sp³-hybridized carbons (Fsp3) is 0.562. The quantitative estimate of drug-likeness (QED) is 0.671. The second-order valence-electron chi connectivity index (χ2n) is 4.79. The molecule has 0 aliphatic carbocycles. The number of benzene rings is 1. The van der Waals surface area contributed by atoms with E-state index in [1.54, 1.807) is 0 Å². The monoisotopic (exact) mass is 263 g/mol. The number of ether oxygens (including phenoxy) is 1. The van der Waals surface area contributed by atoms with Gasteiger partial charge in [-0.05, 0) is 18.6 Å². The molecule has 0 saturated carbocycles. The number of anilines is 1. The van der Waals surface area contributed by atoms with E-state index >= 15 is 0 Å². The minimum absolute atomic E-state index is 0.0735. The molecule has 1 rings (SSSR count). The van der Waals surface area contributed by atoms with Crippen LogP contribution in [-0.4, -0.2) is 12.5 Å². The van der Waals surface area contributed by atoms with Crippen molar-refractivity contribution in [1.82, 2.24) is 0 Å². The van der Waals surface area contributed by atoms with Crippen molar-refractivity contribution >= 4 is 11.6 Å². The molecule has 3 heteroatoms. The number of amides is 1. The van der Waals surface area contributed by atoms with Gasteiger partial charge in [-0.1, -0.05) is 51.2 Å². The average Bonchev–Trinajstić information content (AvgIpc) is 2.39. The van der Waals surface area contributed by atoms with Gasteiger partial charge in [-0.3, -0.25) is 4.79 Å². The Kier molecular flexibility index (Phi) is 7.71. The van der Waals surface area contributed by atoms with Gasteiger partial charge in [-0.2, -0.15) is 0 Å². The van der Waals surface area contributed by atoms with Crippen molar-refractivity contribution < 1.29 is 9.53 Å². The first-order valence-electron chi connectivity index (χ1n) is 7.23. The number of hydrogen-bond acceptors (Lipinski definition) is 2. The summed E-state index contributed by atoms with van der Waals surface area (Å²) in [5.74, 6) is 0.682. The van der Waals surface area contributed by atoms with Gasteiger partial charge in [0.25, 0.3) is 0 Å². The van der Waals surface area contributed by atoms with Gasteiger partial charge >= 0.3 is 0 Å². The summed E-state index contributed by atoms with van der Waals surface area (Å²) in [4.78, 5) is 11.1. The Hall–Kier alpha value is -1.51. The molecule has 1 N–H and O–H groups in total. The molecular formula is C16H25NO2. The van der Waals surface area contributed by atoms with Crippen LogP contribution in [0.5, 0.6) is 5.75 Å². The third kappa shape index (κ3) is 6.85. The van der Waals surface area contributed by atoms with Gasteiger partial charge in [-0.15, -0.1) is 0 Å². The topological polar surface area (TPSA) is 38.3 Å². The van der Waals surface area contributed by atoms with Crippen LogP contribution in [0.25, 0.3) is 0 Å². The minimum atomic E-state index is -0.0735. The highest BCUT2D eigenvalue weighted by atomic mass is 16.5. The van der Waals surface area contributed by atoms with Crippen molar-refractivity contribution in [3.8, 4) is 5.75 Å². The number of nitrogens with one attached hydrogen (secondary N) is 1. The highest BCUT2D eigenvalue weighted by Gasteiger charge is 2.03. The SMILES string of the molecule is CCCCCCCCOc1ccccc1NC(C)=O. The van der Waals surface area contributed by atoms with Gasteiger partial charge in [0, 0.05) is 6.92 Å². The summed E-state index contributed by atoms with van der Waals surface area (Å²) >= 11 is 0. The van der Waals surface area contributed by atoms with Crippen LogP contribution in [0.2, 0.25) is 0 Å². The largest absolute Gasteiger partial charge is 0.491 e. The first-order valence-corrected chi connectivity index (χ1v) is 7.23. The van der Waals surface area contributed by atoms with Crippen molar-refractivity contribution in [2.24, 2.45) is 0 Å². The molecule has 106 valence electrons. The lowest BCUT2D eigenvalue weighted by Crippen LogP contribution is -2.08. The summed E-state index contributed by atoms with van der Waals surface area (Å²) in [7, 11) is 0. The van der Waals surface area contributed by atoms with Crippen LogP contribution in [0.15, 0.2) is 24.3 Å². The third-order valence-electron chi connectivity index (χ3n) is 2.95. The van der Waals surface area contributed by atoms with Crippen LogP contribution >= 0.6 is 0 Å². The molecule has 1 aromatic carbocycles. The van der Waals surface area contributed by atoms with Gasteiger partial charge in [-0.25, -0.2) is 0 Å². The van der Waals surface area contributed by atoms with Gasteiger partial charge in [0.15, 0.2) is 0 Å². The van der Waals surface area contributed by atoms with Crippen molar-refractivity contribution in [2.75, 3.05) is 11.9 Å². The van der Waals surface area contributed by atoms with Crippen LogP contribution in [-0.2, 0) is 4.79 Å². The van der Waals surface area contributed by atoms with Gasteiger partial charge in [0.1, 0.15) is 5.75 Å². The zero-order valence-corrected chi connectivity index (χ0v) is 12.1. The third-order valence-corrected chi connectivity index (χ3v) is 2.95. The number of carbonyl (C=O) groups excluding carboxylic acids is 1. The van der Waals surface area contributed by atoms with Crippen LogP contribution in [0, 0.1) is 0 Å². The van der Waals surface area contributed by atoms with E-state index in [0.717, 1.165) is 17.9 Å². The maximum atomic E-state index is 11.1. The smallest absolute Gasteiger partial charge is 0.221 e. The highest BCUT2D eigenvalue weighted by Crippen LogP contribution is 2.23. The molecule has 1 amide bonds. The lowest BCUT2D eigenvalue weighted by atomic mass is 10.1. The van der Waals surface area contributed by atoms with Crippen LogP contribution in [0.3, 0.4) is 0 Å². The average molecular weight is 263 g/mol. The number of carbonyl (C=O) groups is 1. The minimum Gasteiger partial charge on any atom is -0.491 e. The van der Waals surface area contributed by atoms with E-state index in [-0.39, 0.29) is 5.91 Å². The Morgan fingerprint density at radius 2 is 1.79 bits per heavy atom. The Labute approximate surface area is 116 Å². The van der Waals surface area contributed by atoms with E-state index in [2.05, 4.69) is 12.2 Å². The molecule has 0 unspecified atom stereocenters. The number of hydrogen-bond donors (Lipinski definition) is 1. The van der Waals surface area contributed by atoms with E-state index in [4.69, 9.17) is 4.74 Å². The molecule has 0 spiro atoms. The fourth-order valence-corrected chi connectivity index (χ4v) is 1.95. The Morgan fingerprint density at radius 1 is 1.11 bits per heavy atom. The van der Waals surface area contributed by atoms with Gasteiger partial charge < -0.3 is 10.1 Å². The number of unbranched alkanes of at least 4 members (excludes halogenated alkanes) is 5. The van der Waals surface area contributed by atoms with E-state index in [9.17, 15) is 4.79 Å². The predicted octanol–water partition coefficient (Wildman–Crippen LogP) is 4.38. The summed E-state index contributed by atoms with van der Waals surface area (Å²) < 4.78 is 5.73. The van der Waals surface area contributed by atoms with Crippen molar-refractivity contribution in [1.29, 1.82) is 0 Å². The molecule has 1 aromatic rings.